The fourth-order valence-electron chi connectivity index (χ4n) is 0.954. The van der Waals surface area contributed by atoms with E-state index in [0.717, 1.165) is 6.54 Å². The predicted molar refractivity (Wildman–Crippen MR) is 46.2 cm³/mol. The monoisotopic (exact) mass is 179 g/mol. The van der Waals surface area contributed by atoms with E-state index in [2.05, 4.69) is 15.5 Å². The minimum atomic E-state index is 0.390. The summed E-state index contributed by atoms with van der Waals surface area (Å²) in [7, 11) is 0. The first kappa shape index (κ1) is 7.85. The highest BCUT2D eigenvalue weighted by atomic mass is 16.5. The third-order valence-corrected chi connectivity index (χ3v) is 1.49. The van der Waals surface area contributed by atoms with Gasteiger partial charge in [0.15, 0.2) is 5.76 Å². The molecule has 0 atom stereocenters. The first-order chi connectivity index (χ1) is 6.40. The van der Waals surface area contributed by atoms with Crippen LogP contribution in [0, 0.1) is 0 Å². The zero-order valence-electron chi connectivity index (χ0n) is 7.15. The van der Waals surface area contributed by atoms with E-state index in [0.29, 0.717) is 17.6 Å². The molecule has 68 valence electrons. The van der Waals surface area contributed by atoms with Gasteiger partial charge in [-0.3, -0.25) is 0 Å². The number of aromatic nitrogens is 2. The van der Waals surface area contributed by atoms with Gasteiger partial charge in [-0.25, -0.2) is 0 Å². The minimum absolute atomic E-state index is 0.390. The largest absolute Gasteiger partial charge is 0.459 e. The van der Waals surface area contributed by atoms with Crippen LogP contribution < -0.4 is 5.32 Å². The van der Waals surface area contributed by atoms with Gasteiger partial charge in [0.2, 0.25) is 0 Å². The lowest BCUT2D eigenvalue weighted by molar-refractivity contribution is 0.417. The van der Waals surface area contributed by atoms with Crippen LogP contribution in [0.25, 0.3) is 11.7 Å². The van der Waals surface area contributed by atoms with Crippen LogP contribution in [-0.4, -0.2) is 16.7 Å². The first-order valence-electron chi connectivity index (χ1n) is 4.01. The van der Waals surface area contributed by atoms with Crippen molar-refractivity contribution >= 4 is 5.95 Å². The van der Waals surface area contributed by atoms with Gasteiger partial charge in [0.1, 0.15) is 0 Å². The highest BCUT2D eigenvalue weighted by molar-refractivity contribution is 5.45. The first-order valence-corrected chi connectivity index (χ1v) is 4.01. The van der Waals surface area contributed by atoms with Crippen molar-refractivity contribution in [3.05, 3.63) is 18.4 Å². The van der Waals surface area contributed by atoms with Crippen LogP contribution in [0.3, 0.4) is 0 Å². The Balaban J connectivity index is 2.23. The molecular formula is C8H9N3O2. The van der Waals surface area contributed by atoms with E-state index in [9.17, 15) is 0 Å². The van der Waals surface area contributed by atoms with Gasteiger partial charge in [-0.15, -0.1) is 0 Å². The second-order valence-corrected chi connectivity index (χ2v) is 2.43. The van der Waals surface area contributed by atoms with Gasteiger partial charge in [-0.2, -0.15) is 4.98 Å². The molecule has 0 aliphatic carbocycles. The van der Waals surface area contributed by atoms with Crippen LogP contribution in [-0.2, 0) is 0 Å². The van der Waals surface area contributed by atoms with Gasteiger partial charge >= 0.3 is 0 Å². The van der Waals surface area contributed by atoms with Crippen molar-refractivity contribution in [1.82, 2.24) is 10.1 Å². The van der Waals surface area contributed by atoms with Crippen molar-refractivity contribution in [2.75, 3.05) is 11.9 Å². The van der Waals surface area contributed by atoms with Crippen molar-refractivity contribution in [3.8, 4) is 11.7 Å². The maximum absolute atomic E-state index is 5.09. The van der Waals surface area contributed by atoms with E-state index < -0.39 is 0 Å². The molecule has 5 nitrogen and oxygen atoms in total. The van der Waals surface area contributed by atoms with Crippen LogP contribution in [0.5, 0.6) is 0 Å². The van der Waals surface area contributed by atoms with E-state index in [1.54, 1.807) is 18.4 Å². The van der Waals surface area contributed by atoms with E-state index in [-0.39, 0.29) is 0 Å². The third kappa shape index (κ3) is 1.53. The predicted octanol–water partition coefficient (Wildman–Crippen LogP) is 1.76. The molecule has 2 aromatic heterocycles. The minimum Gasteiger partial charge on any atom is -0.459 e. The highest BCUT2D eigenvalue weighted by Gasteiger charge is 2.09. The maximum atomic E-state index is 5.09. The van der Waals surface area contributed by atoms with Gasteiger partial charge in [0.25, 0.3) is 11.8 Å². The molecule has 2 heterocycles. The van der Waals surface area contributed by atoms with Crippen LogP contribution >= 0.6 is 0 Å². The van der Waals surface area contributed by atoms with E-state index in [1.165, 1.54) is 0 Å². The summed E-state index contributed by atoms with van der Waals surface area (Å²) in [6.07, 6.45) is 1.56. The van der Waals surface area contributed by atoms with Crippen molar-refractivity contribution in [2.24, 2.45) is 0 Å². The lowest BCUT2D eigenvalue weighted by atomic mass is 10.4. The SMILES string of the molecule is CCNc1noc(-c2ccco2)n1. The smallest absolute Gasteiger partial charge is 0.295 e. The van der Waals surface area contributed by atoms with Crippen LogP contribution in [0.1, 0.15) is 6.92 Å². The van der Waals surface area contributed by atoms with Crippen LogP contribution in [0.4, 0.5) is 5.95 Å². The lowest BCUT2D eigenvalue weighted by Gasteiger charge is -1.89. The van der Waals surface area contributed by atoms with Crippen molar-refractivity contribution in [1.29, 1.82) is 0 Å². The quantitative estimate of drug-likeness (QED) is 0.777. The molecule has 1 N–H and O–H groups in total. The Bertz CT molecular complexity index is 366. The topological polar surface area (TPSA) is 64.1 Å². The van der Waals surface area contributed by atoms with Crippen LogP contribution in [0.2, 0.25) is 0 Å². The Hall–Kier alpha value is -1.78. The zero-order chi connectivity index (χ0) is 9.10. The molecule has 2 aromatic rings. The molecule has 0 saturated heterocycles. The molecule has 5 heteroatoms. The number of furan rings is 1. The van der Waals surface area contributed by atoms with E-state index in [4.69, 9.17) is 8.94 Å². The van der Waals surface area contributed by atoms with Crippen molar-refractivity contribution < 1.29 is 8.94 Å². The average Bonchev–Trinajstić information content (AvgIpc) is 2.70. The molecule has 0 unspecified atom stereocenters. The molecule has 0 aliphatic rings. The van der Waals surface area contributed by atoms with Gasteiger partial charge in [0, 0.05) is 6.54 Å². The summed E-state index contributed by atoms with van der Waals surface area (Å²) in [6, 6.07) is 3.54. The average molecular weight is 179 g/mol. The molecule has 13 heavy (non-hydrogen) atoms. The number of nitrogens with one attached hydrogen (secondary N) is 1. The molecule has 0 fully saturated rings. The summed E-state index contributed by atoms with van der Waals surface area (Å²) >= 11 is 0. The van der Waals surface area contributed by atoms with Crippen molar-refractivity contribution in [2.45, 2.75) is 6.92 Å². The van der Waals surface area contributed by atoms with Crippen molar-refractivity contribution in [3.63, 3.8) is 0 Å². The second-order valence-electron chi connectivity index (χ2n) is 2.43. The van der Waals surface area contributed by atoms with E-state index in [1.807, 2.05) is 6.92 Å². The summed E-state index contributed by atoms with van der Waals surface area (Å²) in [5, 5.41) is 6.64. The van der Waals surface area contributed by atoms with Gasteiger partial charge < -0.3 is 14.3 Å². The fraction of sp³-hybridized carbons (Fsp3) is 0.250. The van der Waals surface area contributed by atoms with Crippen LogP contribution in [0.15, 0.2) is 27.3 Å². The summed E-state index contributed by atoms with van der Waals surface area (Å²) in [5.74, 6) is 1.45. The summed E-state index contributed by atoms with van der Waals surface area (Å²) in [4.78, 5) is 4.06. The molecular weight excluding hydrogens is 170 g/mol. The second kappa shape index (κ2) is 3.30. The summed E-state index contributed by atoms with van der Waals surface area (Å²) in [6.45, 7) is 2.72. The molecule has 0 radical (unpaired) electrons. The Labute approximate surface area is 74.7 Å². The Morgan fingerprint density at radius 1 is 1.54 bits per heavy atom. The Morgan fingerprint density at radius 2 is 2.46 bits per heavy atom. The van der Waals surface area contributed by atoms with E-state index >= 15 is 0 Å². The lowest BCUT2D eigenvalue weighted by Crippen LogP contribution is -1.97. The number of nitrogens with zero attached hydrogens (tertiary/aromatic N) is 2. The van der Waals surface area contributed by atoms with Gasteiger partial charge in [-0.05, 0) is 24.2 Å². The molecule has 0 saturated carbocycles. The molecule has 2 rings (SSSR count). The Kier molecular flexibility index (Phi) is 1.99. The normalized spacial score (nSPS) is 10.2. The maximum Gasteiger partial charge on any atom is 0.295 e. The zero-order valence-corrected chi connectivity index (χ0v) is 7.15. The van der Waals surface area contributed by atoms with Gasteiger partial charge in [-0.1, -0.05) is 0 Å². The third-order valence-electron chi connectivity index (χ3n) is 1.49. The molecule has 0 aromatic carbocycles. The fourth-order valence-corrected chi connectivity index (χ4v) is 0.954. The number of rotatable bonds is 3. The number of hydrogen-bond acceptors (Lipinski definition) is 5. The molecule has 0 spiro atoms. The van der Waals surface area contributed by atoms with Gasteiger partial charge in [0.05, 0.1) is 6.26 Å². The number of anilines is 1. The summed E-state index contributed by atoms with van der Waals surface area (Å²) < 4.78 is 10.0. The Morgan fingerprint density at radius 3 is 3.15 bits per heavy atom. The molecule has 0 bridgehead atoms. The molecule has 0 amide bonds. The standard InChI is InChI=1S/C8H9N3O2/c1-2-9-8-10-7(13-11-8)6-4-3-5-12-6/h3-5H,2H2,1H3,(H,9,11). The summed E-state index contributed by atoms with van der Waals surface area (Å²) in [5.41, 5.74) is 0. The molecule has 0 aliphatic heterocycles. The highest BCUT2D eigenvalue weighted by Crippen LogP contribution is 2.18. The number of hydrogen-bond donors (Lipinski definition) is 1.